The maximum absolute atomic E-state index is 5.89. The molecule has 0 heterocycles. The maximum Gasteiger partial charge on any atom is 0.0255 e. The SMILES string of the molecule is C=CC(N)C1CC1c1ccccc1. The molecule has 1 fully saturated rings. The van der Waals surface area contributed by atoms with E-state index in [-0.39, 0.29) is 6.04 Å². The summed E-state index contributed by atoms with van der Waals surface area (Å²) in [5.41, 5.74) is 7.31. The summed E-state index contributed by atoms with van der Waals surface area (Å²) in [5.74, 6) is 1.30. The van der Waals surface area contributed by atoms with E-state index in [1.54, 1.807) is 0 Å². The molecule has 0 bridgehead atoms. The van der Waals surface area contributed by atoms with Crippen LogP contribution in [0.2, 0.25) is 0 Å². The molecule has 0 amide bonds. The third-order valence-electron chi connectivity index (χ3n) is 2.83. The lowest BCUT2D eigenvalue weighted by molar-refractivity contribution is 0.689. The van der Waals surface area contributed by atoms with Crippen LogP contribution in [0, 0.1) is 5.92 Å². The van der Waals surface area contributed by atoms with E-state index in [0.717, 1.165) is 0 Å². The second-order valence-electron chi connectivity index (χ2n) is 3.73. The van der Waals surface area contributed by atoms with Gasteiger partial charge in [0.15, 0.2) is 0 Å². The molecule has 1 aromatic rings. The van der Waals surface area contributed by atoms with Crippen LogP contribution in [0.4, 0.5) is 0 Å². The molecular weight excluding hydrogens is 158 g/mol. The lowest BCUT2D eigenvalue weighted by atomic mass is 10.1. The Morgan fingerprint density at radius 3 is 2.69 bits per heavy atom. The molecule has 0 radical (unpaired) electrons. The minimum atomic E-state index is 0.171. The molecule has 2 N–H and O–H groups in total. The molecule has 0 saturated heterocycles. The largest absolute Gasteiger partial charge is 0.324 e. The Labute approximate surface area is 79.3 Å². The van der Waals surface area contributed by atoms with Crippen molar-refractivity contribution in [2.24, 2.45) is 11.7 Å². The summed E-state index contributed by atoms with van der Waals surface area (Å²) in [6.07, 6.45) is 3.07. The van der Waals surface area contributed by atoms with Gasteiger partial charge in [0.2, 0.25) is 0 Å². The third-order valence-corrected chi connectivity index (χ3v) is 2.83. The van der Waals surface area contributed by atoms with Crippen LogP contribution in [0.5, 0.6) is 0 Å². The van der Waals surface area contributed by atoms with Gasteiger partial charge >= 0.3 is 0 Å². The van der Waals surface area contributed by atoms with Crippen LogP contribution >= 0.6 is 0 Å². The minimum absolute atomic E-state index is 0.171. The average molecular weight is 173 g/mol. The molecule has 0 aliphatic heterocycles. The second-order valence-corrected chi connectivity index (χ2v) is 3.73. The van der Waals surface area contributed by atoms with Crippen molar-refractivity contribution in [2.45, 2.75) is 18.4 Å². The summed E-state index contributed by atoms with van der Waals surface area (Å²) in [6.45, 7) is 3.72. The monoisotopic (exact) mass is 173 g/mol. The van der Waals surface area contributed by atoms with Gasteiger partial charge < -0.3 is 5.73 Å². The number of hydrogen-bond acceptors (Lipinski definition) is 1. The van der Waals surface area contributed by atoms with Crippen molar-refractivity contribution in [3.05, 3.63) is 48.6 Å². The van der Waals surface area contributed by atoms with E-state index in [1.807, 2.05) is 12.1 Å². The van der Waals surface area contributed by atoms with E-state index in [9.17, 15) is 0 Å². The summed E-state index contributed by atoms with van der Waals surface area (Å²) < 4.78 is 0. The first-order valence-electron chi connectivity index (χ1n) is 4.76. The first kappa shape index (κ1) is 8.52. The van der Waals surface area contributed by atoms with Crippen LogP contribution in [-0.2, 0) is 0 Å². The average Bonchev–Trinajstić information content (AvgIpc) is 2.98. The molecule has 2 rings (SSSR count). The van der Waals surface area contributed by atoms with Crippen molar-refractivity contribution >= 4 is 0 Å². The Morgan fingerprint density at radius 2 is 2.08 bits per heavy atom. The predicted octanol–water partition coefficient (Wildman–Crippen LogP) is 2.30. The first-order chi connectivity index (χ1) is 6.33. The molecule has 1 heteroatoms. The fraction of sp³-hybridized carbons (Fsp3) is 0.333. The highest BCUT2D eigenvalue weighted by Crippen LogP contribution is 2.48. The van der Waals surface area contributed by atoms with Gasteiger partial charge in [-0.3, -0.25) is 0 Å². The Kier molecular flexibility index (Phi) is 2.19. The van der Waals surface area contributed by atoms with E-state index >= 15 is 0 Å². The summed E-state index contributed by atoms with van der Waals surface area (Å²) >= 11 is 0. The van der Waals surface area contributed by atoms with Gasteiger partial charge in [-0.05, 0) is 23.8 Å². The van der Waals surface area contributed by atoms with Crippen LogP contribution in [0.15, 0.2) is 43.0 Å². The molecule has 68 valence electrons. The van der Waals surface area contributed by atoms with Gasteiger partial charge in [0, 0.05) is 6.04 Å². The topological polar surface area (TPSA) is 26.0 Å². The van der Waals surface area contributed by atoms with Gasteiger partial charge in [0.05, 0.1) is 0 Å². The molecule has 3 unspecified atom stereocenters. The van der Waals surface area contributed by atoms with E-state index in [4.69, 9.17) is 5.73 Å². The Morgan fingerprint density at radius 1 is 1.38 bits per heavy atom. The van der Waals surface area contributed by atoms with Crippen molar-refractivity contribution in [3.63, 3.8) is 0 Å². The lowest BCUT2D eigenvalue weighted by Crippen LogP contribution is -2.19. The van der Waals surface area contributed by atoms with Gasteiger partial charge in [-0.15, -0.1) is 6.58 Å². The molecule has 1 aliphatic rings. The fourth-order valence-electron chi connectivity index (χ4n) is 1.90. The van der Waals surface area contributed by atoms with E-state index in [2.05, 4.69) is 30.8 Å². The van der Waals surface area contributed by atoms with Gasteiger partial charge in [0.1, 0.15) is 0 Å². The lowest BCUT2D eigenvalue weighted by Gasteiger charge is -2.04. The van der Waals surface area contributed by atoms with Gasteiger partial charge in [-0.1, -0.05) is 36.4 Å². The Hall–Kier alpha value is -1.08. The van der Waals surface area contributed by atoms with Gasteiger partial charge in [-0.25, -0.2) is 0 Å². The standard InChI is InChI=1S/C12H15N/c1-2-12(13)11-8-10(11)9-6-4-3-5-7-9/h2-7,10-12H,1,8,13H2. The minimum Gasteiger partial charge on any atom is -0.324 e. The molecule has 0 spiro atoms. The predicted molar refractivity (Wildman–Crippen MR) is 55.5 cm³/mol. The molecule has 13 heavy (non-hydrogen) atoms. The number of hydrogen-bond donors (Lipinski definition) is 1. The van der Waals surface area contributed by atoms with Crippen LogP contribution in [0.25, 0.3) is 0 Å². The molecule has 0 aromatic heterocycles. The molecular formula is C12H15N. The van der Waals surface area contributed by atoms with Crippen molar-refractivity contribution < 1.29 is 0 Å². The molecule has 3 atom stereocenters. The summed E-state index contributed by atoms with van der Waals surface area (Å²) in [7, 11) is 0. The van der Waals surface area contributed by atoms with Gasteiger partial charge in [0.25, 0.3) is 0 Å². The van der Waals surface area contributed by atoms with Crippen LogP contribution < -0.4 is 5.73 Å². The highest BCUT2D eigenvalue weighted by Gasteiger charge is 2.41. The van der Waals surface area contributed by atoms with Crippen LogP contribution in [0.1, 0.15) is 17.9 Å². The van der Waals surface area contributed by atoms with E-state index in [1.165, 1.54) is 12.0 Å². The van der Waals surface area contributed by atoms with E-state index < -0.39 is 0 Å². The third kappa shape index (κ3) is 1.65. The summed E-state index contributed by atoms with van der Waals surface area (Å²) in [5, 5.41) is 0. The van der Waals surface area contributed by atoms with Gasteiger partial charge in [-0.2, -0.15) is 0 Å². The maximum atomic E-state index is 5.89. The quantitative estimate of drug-likeness (QED) is 0.697. The molecule has 1 nitrogen and oxygen atoms in total. The highest BCUT2D eigenvalue weighted by atomic mass is 14.7. The summed E-state index contributed by atoms with van der Waals surface area (Å²) in [4.78, 5) is 0. The summed E-state index contributed by atoms with van der Waals surface area (Å²) in [6, 6.07) is 10.8. The zero-order valence-corrected chi connectivity index (χ0v) is 7.69. The number of nitrogens with two attached hydrogens (primary N) is 1. The van der Waals surface area contributed by atoms with Crippen molar-refractivity contribution in [3.8, 4) is 0 Å². The molecule has 1 aromatic carbocycles. The van der Waals surface area contributed by atoms with Crippen molar-refractivity contribution in [1.29, 1.82) is 0 Å². The fourth-order valence-corrected chi connectivity index (χ4v) is 1.90. The van der Waals surface area contributed by atoms with Crippen LogP contribution in [-0.4, -0.2) is 6.04 Å². The smallest absolute Gasteiger partial charge is 0.0255 e. The second kappa shape index (κ2) is 3.35. The van der Waals surface area contributed by atoms with E-state index in [0.29, 0.717) is 11.8 Å². The number of benzene rings is 1. The zero-order chi connectivity index (χ0) is 9.26. The first-order valence-corrected chi connectivity index (χ1v) is 4.76. The zero-order valence-electron chi connectivity index (χ0n) is 7.69. The highest BCUT2D eigenvalue weighted by molar-refractivity contribution is 5.27. The number of rotatable bonds is 3. The Bertz CT molecular complexity index is 291. The molecule has 1 aliphatic carbocycles. The van der Waals surface area contributed by atoms with Crippen molar-refractivity contribution in [2.75, 3.05) is 0 Å². The Balaban J connectivity index is 2.04. The van der Waals surface area contributed by atoms with Crippen LogP contribution in [0.3, 0.4) is 0 Å². The molecule has 1 saturated carbocycles. The van der Waals surface area contributed by atoms with Crippen molar-refractivity contribution in [1.82, 2.24) is 0 Å². The normalized spacial score (nSPS) is 28.1.